The van der Waals surface area contributed by atoms with Gasteiger partial charge in [0.15, 0.2) is 0 Å². The van der Waals surface area contributed by atoms with E-state index < -0.39 is 0 Å². The van der Waals surface area contributed by atoms with Gasteiger partial charge in [0, 0.05) is 31.2 Å². The van der Waals surface area contributed by atoms with Gasteiger partial charge in [-0.2, -0.15) is 0 Å². The molecule has 0 aromatic carbocycles. The number of nitrogens with zero attached hydrogens (tertiary/aromatic N) is 1. The second kappa shape index (κ2) is 7.26. The van der Waals surface area contributed by atoms with Crippen molar-refractivity contribution in [3.05, 3.63) is 0 Å². The molecule has 0 amide bonds. The van der Waals surface area contributed by atoms with Crippen molar-refractivity contribution in [1.82, 2.24) is 10.2 Å². The first kappa shape index (κ1) is 18.0. The Balaban J connectivity index is 2.63. The van der Waals surface area contributed by atoms with E-state index in [-0.39, 0.29) is 5.54 Å². The van der Waals surface area contributed by atoms with Crippen LogP contribution in [0.3, 0.4) is 0 Å². The Morgan fingerprint density at radius 1 is 1.25 bits per heavy atom. The predicted molar refractivity (Wildman–Crippen MR) is 90.2 cm³/mol. The summed E-state index contributed by atoms with van der Waals surface area (Å²) in [7, 11) is 0. The van der Waals surface area contributed by atoms with Gasteiger partial charge in [0.2, 0.25) is 0 Å². The molecule has 1 atom stereocenters. The fourth-order valence-corrected chi connectivity index (χ4v) is 3.50. The molecular formula is C18H38N2. The van der Waals surface area contributed by atoms with Gasteiger partial charge in [-0.15, -0.1) is 0 Å². The molecule has 0 aliphatic carbocycles. The minimum absolute atomic E-state index is 0.255. The minimum Gasteiger partial charge on any atom is -0.309 e. The third kappa shape index (κ3) is 5.73. The largest absolute Gasteiger partial charge is 0.309 e. The molecule has 2 nitrogen and oxygen atoms in total. The molecule has 1 rings (SSSR count). The molecule has 20 heavy (non-hydrogen) atoms. The quantitative estimate of drug-likeness (QED) is 0.700. The molecule has 1 saturated heterocycles. The summed E-state index contributed by atoms with van der Waals surface area (Å²) in [6.45, 7) is 20.1. The van der Waals surface area contributed by atoms with Crippen LogP contribution in [0.5, 0.6) is 0 Å². The van der Waals surface area contributed by atoms with Crippen LogP contribution in [-0.4, -0.2) is 36.1 Å². The standard InChI is InChI=1S/C18H38N2/c1-8-9-10-11-17(4,5)13-20-14-18(6,7)19-12-16(20)15(2)3/h15-16,19H,8-14H2,1-7H3. The van der Waals surface area contributed by atoms with Crippen molar-refractivity contribution in [3.8, 4) is 0 Å². The molecule has 2 heteroatoms. The molecule has 0 spiro atoms. The highest BCUT2D eigenvalue weighted by Crippen LogP contribution is 2.29. The molecule has 120 valence electrons. The van der Waals surface area contributed by atoms with E-state index in [1.165, 1.54) is 38.8 Å². The maximum atomic E-state index is 3.72. The molecule has 1 heterocycles. The van der Waals surface area contributed by atoms with Gasteiger partial charge in [0.25, 0.3) is 0 Å². The van der Waals surface area contributed by atoms with Crippen LogP contribution < -0.4 is 5.32 Å². The highest BCUT2D eigenvalue weighted by molar-refractivity contribution is 4.94. The van der Waals surface area contributed by atoms with Crippen molar-refractivity contribution in [2.75, 3.05) is 19.6 Å². The maximum Gasteiger partial charge on any atom is 0.0252 e. The zero-order valence-electron chi connectivity index (χ0n) is 15.1. The lowest BCUT2D eigenvalue weighted by Gasteiger charge is -2.48. The second-order valence-corrected chi connectivity index (χ2v) is 8.60. The van der Waals surface area contributed by atoms with Crippen LogP contribution >= 0.6 is 0 Å². The van der Waals surface area contributed by atoms with Crippen molar-refractivity contribution in [1.29, 1.82) is 0 Å². The summed E-state index contributed by atoms with van der Waals surface area (Å²) in [4.78, 5) is 2.76. The van der Waals surface area contributed by atoms with Gasteiger partial charge in [0.1, 0.15) is 0 Å². The third-order valence-electron chi connectivity index (χ3n) is 4.71. The fourth-order valence-electron chi connectivity index (χ4n) is 3.50. The molecule has 1 unspecified atom stereocenters. The summed E-state index contributed by atoms with van der Waals surface area (Å²) in [5, 5.41) is 3.72. The number of hydrogen-bond acceptors (Lipinski definition) is 2. The average Bonchev–Trinajstić information content (AvgIpc) is 2.26. The van der Waals surface area contributed by atoms with Crippen molar-refractivity contribution in [2.45, 2.75) is 85.7 Å². The Morgan fingerprint density at radius 3 is 2.45 bits per heavy atom. The zero-order chi connectivity index (χ0) is 15.4. The third-order valence-corrected chi connectivity index (χ3v) is 4.71. The smallest absolute Gasteiger partial charge is 0.0252 e. The van der Waals surface area contributed by atoms with E-state index >= 15 is 0 Å². The number of rotatable bonds is 7. The minimum atomic E-state index is 0.255. The van der Waals surface area contributed by atoms with E-state index in [2.05, 4.69) is 58.7 Å². The first-order valence-corrected chi connectivity index (χ1v) is 8.66. The van der Waals surface area contributed by atoms with E-state index in [1.807, 2.05) is 0 Å². The van der Waals surface area contributed by atoms with Crippen molar-refractivity contribution >= 4 is 0 Å². The molecule has 1 aliphatic rings. The second-order valence-electron chi connectivity index (χ2n) is 8.60. The lowest BCUT2D eigenvalue weighted by Crippen LogP contribution is -2.64. The van der Waals surface area contributed by atoms with E-state index in [4.69, 9.17) is 0 Å². The molecular weight excluding hydrogens is 244 g/mol. The summed E-state index contributed by atoms with van der Waals surface area (Å²) in [6, 6.07) is 0.688. The predicted octanol–water partition coefficient (Wildman–Crippen LogP) is 4.30. The Bertz CT molecular complexity index is 281. The molecule has 0 saturated carbocycles. The normalized spacial score (nSPS) is 24.3. The van der Waals surface area contributed by atoms with Crippen LogP contribution in [0, 0.1) is 11.3 Å². The van der Waals surface area contributed by atoms with Crippen LogP contribution in [0.4, 0.5) is 0 Å². The Kier molecular flexibility index (Phi) is 6.53. The Morgan fingerprint density at radius 2 is 1.90 bits per heavy atom. The summed E-state index contributed by atoms with van der Waals surface area (Å²) in [5.41, 5.74) is 0.695. The van der Waals surface area contributed by atoms with Gasteiger partial charge in [-0.05, 0) is 31.6 Å². The van der Waals surface area contributed by atoms with Crippen molar-refractivity contribution in [2.24, 2.45) is 11.3 Å². The molecule has 1 aliphatic heterocycles. The van der Waals surface area contributed by atoms with Crippen LogP contribution in [0.15, 0.2) is 0 Å². The lowest BCUT2D eigenvalue weighted by molar-refractivity contribution is 0.0351. The maximum absolute atomic E-state index is 3.72. The molecule has 1 fully saturated rings. The number of unbranched alkanes of at least 4 members (excludes halogenated alkanes) is 2. The zero-order valence-corrected chi connectivity index (χ0v) is 15.1. The van der Waals surface area contributed by atoms with Gasteiger partial charge in [-0.25, -0.2) is 0 Å². The summed E-state index contributed by atoms with van der Waals surface area (Å²) >= 11 is 0. The Hall–Kier alpha value is -0.0800. The van der Waals surface area contributed by atoms with Crippen LogP contribution in [0.2, 0.25) is 0 Å². The van der Waals surface area contributed by atoms with Gasteiger partial charge >= 0.3 is 0 Å². The van der Waals surface area contributed by atoms with Crippen molar-refractivity contribution in [3.63, 3.8) is 0 Å². The van der Waals surface area contributed by atoms with Crippen LogP contribution in [-0.2, 0) is 0 Å². The molecule has 1 N–H and O–H groups in total. The average molecular weight is 283 g/mol. The highest BCUT2D eigenvalue weighted by atomic mass is 15.3. The molecule has 0 aromatic rings. The van der Waals surface area contributed by atoms with Crippen LogP contribution in [0.25, 0.3) is 0 Å². The van der Waals surface area contributed by atoms with Gasteiger partial charge in [-0.3, -0.25) is 4.90 Å². The number of nitrogens with one attached hydrogen (secondary N) is 1. The van der Waals surface area contributed by atoms with Gasteiger partial charge in [-0.1, -0.05) is 53.9 Å². The van der Waals surface area contributed by atoms with E-state index in [9.17, 15) is 0 Å². The highest BCUT2D eigenvalue weighted by Gasteiger charge is 2.36. The first-order valence-electron chi connectivity index (χ1n) is 8.66. The molecule has 0 bridgehead atoms. The van der Waals surface area contributed by atoms with Gasteiger partial charge < -0.3 is 5.32 Å². The van der Waals surface area contributed by atoms with E-state index in [0.29, 0.717) is 11.5 Å². The lowest BCUT2D eigenvalue weighted by atomic mass is 9.83. The Labute approximate surface area is 127 Å². The first-order chi connectivity index (χ1) is 9.17. The van der Waals surface area contributed by atoms with Gasteiger partial charge in [0.05, 0.1) is 0 Å². The summed E-state index contributed by atoms with van der Waals surface area (Å²) in [6.07, 6.45) is 5.44. The number of piperazine rings is 1. The SMILES string of the molecule is CCCCCC(C)(C)CN1CC(C)(C)NCC1C(C)C. The van der Waals surface area contributed by atoms with E-state index in [0.717, 1.165) is 12.5 Å². The fraction of sp³-hybridized carbons (Fsp3) is 1.00. The summed E-state index contributed by atoms with van der Waals surface area (Å²) in [5.74, 6) is 0.727. The molecule has 0 aromatic heterocycles. The van der Waals surface area contributed by atoms with E-state index in [1.54, 1.807) is 0 Å². The topological polar surface area (TPSA) is 15.3 Å². The van der Waals surface area contributed by atoms with Crippen molar-refractivity contribution < 1.29 is 0 Å². The molecule has 0 radical (unpaired) electrons. The van der Waals surface area contributed by atoms with Crippen LogP contribution in [0.1, 0.15) is 74.1 Å². The number of hydrogen-bond donors (Lipinski definition) is 1. The summed E-state index contributed by atoms with van der Waals surface area (Å²) < 4.78 is 0. The monoisotopic (exact) mass is 282 g/mol.